The SMILES string of the molecule is COc1ccccc1C(=O)COC(=O)C1(S(=O)(=O)c2ccc(C)c(C)c2)CCCC1. The first-order chi connectivity index (χ1) is 14.2. The van der Waals surface area contributed by atoms with Crippen molar-refractivity contribution < 1.29 is 27.5 Å². The van der Waals surface area contributed by atoms with Gasteiger partial charge < -0.3 is 9.47 Å². The van der Waals surface area contributed by atoms with Crippen LogP contribution in [0.2, 0.25) is 0 Å². The van der Waals surface area contributed by atoms with E-state index in [1.54, 1.807) is 36.4 Å². The number of para-hydroxylation sites is 1. The molecule has 1 aliphatic rings. The number of aryl methyl sites for hydroxylation is 2. The molecule has 0 spiro atoms. The van der Waals surface area contributed by atoms with Crippen LogP contribution in [0, 0.1) is 13.8 Å². The van der Waals surface area contributed by atoms with E-state index in [2.05, 4.69) is 0 Å². The first-order valence-corrected chi connectivity index (χ1v) is 11.4. The third kappa shape index (κ3) is 3.86. The molecule has 0 atom stereocenters. The maximum absolute atomic E-state index is 13.5. The molecule has 0 N–H and O–H groups in total. The molecule has 0 amide bonds. The van der Waals surface area contributed by atoms with E-state index in [1.807, 2.05) is 13.8 Å². The average Bonchev–Trinajstić information content (AvgIpc) is 3.25. The van der Waals surface area contributed by atoms with Gasteiger partial charge in [-0.3, -0.25) is 9.59 Å². The first-order valence-electron chi connectivity index (χ1n) is 9.88. The molecule has 1 aliphatic carbocycles. The van der Waals surface area contributed by atoms with Gasteiger partial charge in [-0.25, -0.2) is 8.42 Å². The third-order valence-corrected chi connectivity index (χ3v) is 8.31. The van der Waals surface area contributed by atoms with Crippen LogP contribution in [0.15, 0.2) is 47.4 Å². The zero-order valence-corrected chi connectivity index (χ0v) is 18.3. The smallest absolute Gasteiger partial charge is 0.328 e. The van der Waals surface area contributed by atoms with E-state index in [-0.39, 0.29) is 23.3 Å². The van der Waals surface area contributed by atoms with Crippen molar-refractivity contribution in [2.24, 2.45) is 0 Å². The molecule has 3 rings (SSSR count). The topological polar surface area (TPSA) is 86.7 Å². The number of methoxy groups -OCH3 is 1. The summed E-state index contributed by atoms with van der Waals surface area (Å²) in [6.45, 7) is 3.19. The van der Waals surface area contributed by atoms with Crippen LogP contribution in [0.1, 0.15) is 47.2 Å². The zero-order valence-electron chi connectivity index (χ0n) is 17.4. The predicted molar refractivity (Wildman–Crippen MR) is 113 cm³/mol. The fourth-order valence-electron chi connectivity index (χ4n) is 3.85. The van der Waals surface area contributed by atoms with Crippen LogP contribution < -0.4 is 4.74 Å². The van der Waals surface area contributed by atoms with Gasteiger partial charge in [0.2, 0.25) is 5.78 Å². The summed E-state index contributed by atoms with van der Waals surface area (Å²) in [4.78, 5) is 25.7. The molecule has 0 saturated heterocycles. The van der Waals surface area contributed by atoms with Crippen LogP contribution in [0.4, 0.5) is 0 Å². The molecule has 160 valence electrons. The van der Waals surface area contributed by atoms with Crippen LogP contribution in [-0.4, -0.2) is 38.6 Å². The minimum atomic E-state index is -3.97. The summed E-state index contributed by atoms with van der Waals surface area (Å²) in [5, 5.41) is 0. The Morgan fingerprint density at radius 2 is 1.67 bits per heavy atom. The van der Waals surface area contributed by atoms with Crippen molar-refractivity contribution in [2.75, 3.05) is 13.7 Å². The highest BCUT2D eigenvalue weighted by atomic mass is 32.2. The van der Waals surface area contributed by atoms with E-state index in [9.17, 15) is 18.0 Å². The Balaban J connectivity index is 1.85. The molecule has 1 fully saturated rings. The summed E-state index contributed by atoms with van der Waals surface area (Å²) in [5.41, 5.74) is 2.09. The van der Waals surface area contributed by atoms with Crippen molar-refractivity contribution in [3.05, 3.63) is 59.2 Å². The number of hydrogen-bond donors (Lipinski definition) is 0. The van der Waals surface area contributed by atoms with Crippen LogP contribution in [0.3, 0.4) is 0 Å². The van der Waals surface area contributed by atoms with Crippen molar-refractivity contribution in [3.63, 3.8) is 0 Å². The predicted octanol–water partition coefficient (Wildman–Crippen LogP) is 3.82. The maximum atomic E-state index is 13.5. The van der Waals surface area contributed by atoms with Gasteiger partial charge in [0, 0.05) is 0 Å². The Morgan fingerprint density at radius 3 is 2.30 bits per heavy atom. The number of hydrogen-bond acceptors (Lipinski definition) is 6. The van der Waals surface area contributed by atoms with Crippen LogP contribution in [0.25, 0.3) is 0 Å². The quantitative estimate of drug-likeness (QED) is 0.490. The Bertz CT molecular complexity index is 1060. The Morgan fingerprint density at radius 1 is 1.00 bits per heavy atom. The molecule has 6 nitrogen and oxygen atoms in total. The van der Waals surface area contributed by atoms with Crippen molar-refractivity contribution in [2.45, 2.75) is 49.2 Å². The molecule has 0 unspecified atom stereocenters. The van der Waals surface area contributed by atoms with E-state index in [1.165, 1.54) is 13.2 Å². The van der Waals surface area contributed by atoms with Crippen molar-refractivity contribution in [1.29, 1.82) is 0 Å². The molecular weight excluding hydrogens is 404 g/mol. The number of sulfone groups is 1. The molecule has 2 aromatic carbocycles. The summed E-state index contributed by atoms with van der Waals surface area (Å²) in [5.74, 6) is -0.934. The minimum Gasteiger partial charge on any atom is -0.496 e. The number of Topliss-reactive ketones (excluding diaryl/α,β-unsaturated/α-hetero) is 1. The average molecular weight is 431 g/mol. The Labute approximate surface area is 177 Å². The van der Waals surface area contributed by atoms with Gasteiger partial charge in [0.05, 0.1) is 17.6 Å². The third-order valence-electron chi connectivity index (χ3n) is 5.83. The van der Waals surface area contributed by atoms with Crippen molar-refractivity contribution in [3.8, 4) is 5.75 Å². The highest BCUT2D eigenvalue weighted by molar-refractivity contribution is 7.93. The Kier molecular flexibility index (Phi) is 6.31. The highest BCUT2D eigenvalue weighted by Crippen LogP contribution is 2.42. The molecule has 0 aromatic heterocycles. The molecular formula is C23H26O6S. The summed E-state index contributed by atoms with van der Waals surface area (Å²) in [6.07, 6.45) is 1.59. The lowest BCUT2D eigenvalue weighted by molar-refractivity contribution is -0.145. The number of ketones is 1. The fraction of sp³-hybridized carbons (Fsp3) is 0.391. The molecule has 0 radical (unpaired) electrons. The van der Waals surface area contributed by atoms with Gasteiger partial charge in [-0.05, 0) is 62.1 Å². The van der Waals surface area contributed by atoms with E-state index in [4.69, 9.17) is 9.47 Å². The number of ether oxygens (including phenoxy) is 2. The Hall–Kier alpha value is -2.67. The first kappa shape index (κ1) is 22.0. The standard InChI is InChI=1S/C23H26O6S/c1-16-10-11-18(14-17(16)2)30(26,27)23(12-6-7-13-23)22(25)29-15-20(24)19-8-4-5-9-21(19)28-3/h4-5,8-11,14H,6-7,12-13,15H2,1-3H3. The van der Waals surface area contributed by atoms with Gasteiger partial charge in [-0.1, -0.05) is 31.0 Å². The van der Waals surface area contributed by atoms with Crippen LogP contribution in [0.5, 0.6) is 5.75 Å². The van der Waals surface area contributed by atoms with Gasteiger partial charge in [0.15, 0.2) is 21.2 Å². The van der Waals surface area contributed by atoms with E-state index < -0.39 is 32.9 Å². The van der Waals surface area contributed by atoms with Gasteiger partial charge in [-0.2, -0.15) is 0 Å². The van der Waals surface area contributed by atoms with Gasteiger partial charge >= 0.3 is 5.97 Å². The van der Waals surface area contributed by atoms with Crippen LogP contribution >= 0.6 is 0 Å². The lowest BCUT2D eigenvalue weighted by Crippen LogP contribution is -2.45. The van der Waals surface area contributed by atoms with E-state index >= 15 is 0 Å². The molecule has 7 heteroatoms. The van der Waals surface area contributed by atoms with E-state index in [0.29, 0.717) is 18.6 Å². The molecule has 0 bridgehead atoms. The largest absolute Gasteiger partial charge is 0.496 e. The van der Waals surface area contributed by atoms with Gasteiger partial charge in [0.1, 0.15) is 5.75 Å². The lowest BCUT2D eigenvalue weighted by Gasteiger charge is -2.27. The second kappa shape index (κ2) is 8.60. The summed E-state index contributed by atoms with van der Waals surface area (Å²) >= 11 is 0. The number of rotatable bonds is 7. The minimum absolute atomic E-state index is 0.112. The number of esters is 1. The number of carbonyl (C=O) groups excluding carboxylic acids is 2. The monoisotopic (exact) mass is 430 g/mol. The van der Waals surface area contributed by atoms with E-state index in [0.717, 1.165) is 11.1 Å². The second-order valence-electron chi connectivity index (χ2n) is 7.65. The number of benzene rings is 2. The number of carbonyl (C=O) groups is 2. The molecule has 0 aliphatic heterocycles. The van der Waals surface area contributed by atoms with Crippen molar-refractivity contribution >= 4 is 21.6 Å². The summed E-state index contributed by atoms with van der Waals surface area (Å²) in [6, 6.07) is 11.5. The van der Waals surface area contributed by atoms with Gasteiger partial charge in [-0.15, -0.1) is 0 Å². The molecule has 30 heavy (non-hydrogen) atoms. The highest BCUT2D eigenvalue weighted by Gasteiger charge is 2.54. The lowest BCUT2D eigenvalue weighted by atomic mass is 10.1. The fourth-order valence-corrected chi connectivity index (χ4v) is 5.99. The molecule has 0 heterocycles. The summed E-state index contributed by atoms with van der Waals surface area (Å²) < 4.78 is 35.7. The molecule has 2 aromatic rings. The molecule has 1 saturated carbocycles. The van der Waals surface area contributed by atoms with Crippen molar-refractivity contribution in [1.82, 2.24) is 0 Å². The normalized spacial score (nSPS) is 15.6. The summed E-state index contributed by atoms with van der Waals surface area (Å²) in [7, 11) is -2.53. The zero-order chi connectivity index (χ0) is 21.9. The van der Waals surface area contributed by atoms with Gasteiger partial charge in [0.25, 0.3) is 0 Å². The van der Waals surface area contributed by atoms with Crippen LogP contribution in [-0.2, 0) is 19.4 Å². The maximum Gasteiger partial charge on any atom is 0.328 e. The second-order valence-corrected chi connectivity index (χ2v) is 9.91.